The second kappa shape index (κ2) is 5.71. The maximum Gasteiger partial charge on any atom is 0.410 e. The van der Waals surface area contributed by atoms with Gasteiger partial charge in [-0.25, -0.2) is 4.79 Å². The molecule has 17 heavy (non-hydrogen) atoms. The Labute approximate surface area is 104 Å². The molecule has 1 aliphatic rings. The van der Waals surface area contributed by atoms with Gasteiger partial charge in [-0.2, -0.15) is 0 Å². The molecule has 0 aromatic rings. The predicted octanol–water partition coefficient (Wildman–Crippen LogP) is 2.40. The van der Waals surface area contributed by atoms with Crippen LogP contribution in [0.4, 0.5) is 4.79 Å². The number of carbonyl (C=O) groups excluding carboxylic acids is 1. The highest BCUT2D eigenvalue weighted by Crippen LogP contribution is 2.25. The largest absolute Gasteiger partial charge is 0.444 e. The van der Waals surface area contributed by atoms with Crippen molar-refractivity contribution in [2.45, 2.75) is 58.2 Å². The topological polar surface area (TPSA) is 49.8 Å². The molecule has 0 bridgehead atoms. The third kappa shape index (κ3) is 5.39. The van der Waals surface area contributed by atoms with E-state index in [0.717, 1.165) is 32.2 Å². The molecule has 100 valence electrons. The van der Waals surface area contributed by atoms with Gasteiger partial charge in [0.2, 0.25) is 0 Å². The summed E-state index contributed by atoms with van der Waals surface area (Å²) >= 11 is 0. The number of carbonyl (C=O) groups is 1. The highest BCUT2D eigenvalue weighted by Gasteiger charge is 2.24. The summed E-state index contributed by atoms with van der Waals surface area (Å²) in [5.41, 5.74) is -0.436. The van der Waals surface area contributed by atoms with Gasteiger partial charge in [-0.3, -0.25) is 0 Å². The summed E-state index contributed by atoms with van der Waals surface area (Å²) in [6.07, 6.45) is 3.30. The third-order valence-corrected chi connectivity index (χ3v) is 3.05. The van der Waals surface area contributed by atoms with E-state index in [4.69, 9.17) is 4.74 Å². The Balaban J connectivity index is 2.33. The fourth-order valence-corrected chi connectivity index (χ4v) is 2.13. The van der Waals surface area contributed by atoms with Crippen LogP contribution in [0.5, 0.6) is 0 Å². The van der Waals surface area contributed by atoms with Crippen LogP contribution in [0.1, 0.15) is 46.5 Å². The van der Waals surface area contributed by atoms with E-state index in [-0.39, 0.29) is 12.2 Å². The predicted molar refractivity (Wildman–Crippen MR) is 66.8 cm³/mol. The van der Waals surface area contributed by atoms with Gasteiger partial charge in [0.25, 0.3) is 0 Å². The standard InChI is InChI=1S/C13H25NO3/c1-13(2,3)17-12(16)14(4)9-10-5-7-11(15)8-6-10/h10-11,15H,5-9H2,1-4H3. The summed E-state index contributed by atoms with van der Waals surface area (Å²) in [7, 11) is 1.78. The minimum absolute atomic E-state index is 0.141. The second-order valence-corrected chi connectivity index (χ2v) is 6.04. The molecule has 4 heteroatoms. The molecular formula is C13H25NO3. The molecule has 1 saturated carbocycles. The fourth-order valence-electron chi connectivity index (χ4n) is 2.13. The molecule has 0 saturated heterocycles. The zero-order valence-electron chi connectivity index (χ0n) is 11.4. The Morgan fingerprint density at radius 1 is 1.29 bits per heavy atom. The number of hydrogen-bond donors (Lipinski definition) is 1. The number of rotatable bonds is 2. The molecule has 1 N–H and O–H groups in total. The molecule has 0 atom stereocenters. The molecule has 0 aromatic heterocycles. The lowest BCUT2D eigenvalue weighted by atomic mass is 9.87. The van der Waals surface area contributed by atoms with E-state index in [0.29, 0.717) is 5.92 Å². The second-order valence-electron chi connectivity index (χ2n) is 6.04. The number of amides is 1. The first-order valence-electron chi connectivity index (χ1n) is 6.40. The Morgan fingerprint density at radius 2 is 1.82 bits per heavy atom. The highest BCUT2D eigenvalue weighted by atomic mass is 16.6. The molecular weight excluding hydrogens is 218 g/mol. The zero-order valence-corrected chi connectivity index (χ0v) is 11.4. The van der Waals surface area contributed by atoms with Crippen LogP contribution in [0.2, 0.25) is 0 Å². The fraction of sp³-hybridized carbons (Fsp3) is 0.923. The van der Waals surface area contributed by atoms with Crippen LogP contribution in [0.15, 0.2) is 0 Å². The molecule has 0 spiro atoms. The maximum absolute atomic E-state index is 11.8. The van der Waals surface area contributed by atoms with E-state index in [1.54, 1.807) is 11.9 Å². The molecule has 0 heterocycles. The normalized spacial score (nSPS) is 25.5. The number of hydrogen-bond acceptors (Lipinski definition) is 3. The van der Waals surface area contributed by atoms with Crippen LogP contribution in [-0.2, 0) is 4.74 Å². The summed E-state index contributed by atoms with van der Waals surface area (Å²) < 4.78 is 5.30. The van der Waals surface area contributed by atoms with Crippen molar-refractivity contribution in [1.29, 1.82) is 0 Å². The average molecular weight is 243 g/mol. The zero-order chi connectivity index (χ0) is 13.1. The van der Waals surface area contributed by atoms with Crippen LogP contribution < -0.4 is 0 Å². The smallest absolute Gasteiger partial charge is 0.410 e. The van der Waals surface area contributed by atoms with Crippen molar-refractivity contribution >= 4 is 6.09 Å². The molecule has 1 rings (SSSR count). The summed E-state index contributed by atoms with van der Waals surface area (Å²) in [6, 6.07) is 0. The van der Waals surface area contributed by atoms with Gasteiger partial charge >= 0.3 is 6.09 Å². The van der Waals surface area contributed by atoms with E-state index in [9.17, 15) is 9.90 Å². The van der Waals surface area contributed by atoms with Gasteiger partial charge in [0, 0.05) is 13.6 Å². The minimum atomic E-state index is -0.436. The lowest BCUT2D eigenvalue weighted by Crippen LogP contribution is -2.38. The Hall–Kier alpha value is -0.770. The van der Waals surface area contributed by atoms with Crippen LogP contribution in [0.3, 0.4) is 0 Å². The Kier molecular flexibility index (Phi) is 4.80. The van der Waals surface area contributed by atoms with Crippen LogP contribution in [0.25, 0.3) is 0 Å². The van der Waals surface area contributed by atoms with Crippen molar-refractivity contribution in [3.63, 3.8) is 0 Å². The first-order valence-corrected chi connectivity index (χ1v) is 6.40. The first kappa shape index (κ1) is 14.3. The van der Waals surface area contributed by atoms with Crippen molar-refractivity contribution in [2.75, 3.05) is 13.6 Å². The number of ether oxygens (including phenoxy) is 1. The minimum Gasteiger partial charge on any atom is -0.444 e. The molecule has 1 fully saturated rings. The van der Waals surface area contributed by atoms with Gasteiger partial charge in [0.1, 0.15) is 5.60 Å². The lowest BCUT2D eigenvalue weighted by molar-refractivity contribution is 0.0240. The van der Waals surface area contributed by atoms with Gasteiger partial charge in [-0.1, -0.05) is 0 Å². The van der Waals surface area contributed by atoms with E-state index in [1.807, 2.05) is 20.8 Å². The Morgan fingerprint density at radius 3 is 2.29 bits per heavy atom. The maximum atomic E-state index is 11.8. The Bertz CT molecular complexity index is 252. The monoisotopic (exact) mass is 243 g/mol. The summed E-state index contributed by atoms with van der Waals surface area (Å²) in [5, 5.41) is 9.42. The molecule has 1 amide bonds. The molecule has 0 unspecified atom stereocenters. The van der Waals surface area contributed by atoms with Crippen LogP contribution >= 0.6 is 0 Å². The number of aliphatic hydroxyl groups excluding tert-OH is 1. The molecule has 0 aromatic carbocycles. The highest BCUT2D eigenvalue weighted by molar-refractivity contribution is 5.67. The van der Waals surface area contributed by atoms with E-state index in [1.165, 1.54) is 0 Å². The van der Waals surface area contributed by atoms with E-state index < -0.39 is 5.60 Å². The van der Waals surface area contributed by atoms with Crippen molar-refractivity contribution in [3.8, 4) is 0 Å². The first-order chi connectivity index (χ1) is 7.78. The quantitative estimate of drug-likeness (QED) is 0.810. The van der Waals surface area contributed by atoms with Crippen molar-refractivity contribution < 1.29 is 14.6 Å². The number of aliphatic hydroxyl groups is 1. The van der Waals surface area contributed by atoms with Gasteiger partial charge < -0.3 is 14.7 Å². The summed E-state index contributed by atoms with van der Waals surface area (Å²) in [6.45, 7) is 6.34. The average Bonchev–Trinajstić information content (AvgIpc) is 2.19. The molecule has 1 aliphatic carbocycles. The number of nitrogens with zero attached hydrogens (tertiary/aromatic N) is 1. The molecule has 0 radical (unpaired) electrons. The van der Waals surface area contributed by atoms with Crippen molar-refractivity contribution in [3.05, 3.63) is 0 Å². The molecule has 4 nitrogen and oxygen atoms in total. The SMILES string of the molecule is CN(CC1CCC(O)CC1)C(=O)OC(C)(C)C. The van der Waals surface area contributed by atoms with Gasteiger partial charge in [0.15, 0.2) is 0 Å². The third-order valence-electron chi connectivity index (χ3n) is 3.05. The van der Waals surface area contributed by atoms with Crippen LogP contribution in [-0.4, -0.2) is 41.4 Å². The van der Waals surface area contributed by atoms with Gasteiger partial charge in [-0.05, 0) is 52.4 Å². The van der Waals surface area contributed by atoms with Crippen molar-refractivity contribution in [1.82, 2.24) is 4.90 Å². The van der Waals surface area contributed by atoms with E-state index >= 15 is 0 Å². The van der Waals surface area contributed by atoms with Crippen LogP contribution in [0, 0.1) is 5.92 Å². The summed E-state index contributed by atoms with van der Waals surface area (Å²) in [4.78, 5) is 13.4. The van der Waals surface area contributed by atoms with Gasteiger partial charge in [-0.15, -0.1) is 0 Å². The van der Waals surface area contributed by atoms with Gasteiger partial charge in [0.05, 0.1) is 6.10 Å². The summed E-state index contributed by atoms with van der Waals surface area (Å²) in [5.74, 6) is 0.496. The van der Waals surface area contributed by atoms with E-state index in [2.05, 4.69) is 0 Å². The molecule has 0 aliphatic heterocycles. The van der Waals surface area contributed by atoms with Crippen molar-refractivity contribution in [2.24, 2.45) is 5.92 Å². The lowest BCUT2D eigenvalue weighted by Gasteiger charge is -2.30.